The lowest BCUT2D eigenvalue weighted by Crippen LogP contribution is -2.30. The molecular weight excluding hydrogens is 362 g/mol. The molecule has 0 bridgehead atoms. The molecule has 2 rings (SSSR count). The molecule has 0 spiro atoms. The number of esters is 1. The highest BCUT2D eigenvalue weighted by Crippen LogP contribution is 2.24. The number of nitrogens with zero attached hydrogens (tertiary/aromatic N) is 1. The van der Waals surface area contributed by atoms with E-state index in [4.69, 9.17) is 43.1 Å². The number of halogens is 3. The van der Waals surface area contributed by atoms with Crippen molar-refractivity contribution in [3.63, 3.8) is 0 Å². The van der Waals surface area contributed by atoms with Gasteiger partial charge >= 0.3 is 5.97 Å². The van der Waals surface area contributed by atoms with Crippen LogP contribution in [0.2, 0.25) is 0 Å². The lowest BCUT2D eigenvalue weighted by Gasteiger charge is -2.18. The molecule has 1 fully saturated rings. The van der Waals surface area contributed by atoms with Gasteiger partial charge in [-0.15, -0.1) is 0 Å². The van der Waals surface area contributed by atoms with Gasteiger partial charge in [-0.3, -0.25) is 0 Å². The van der Waals surface area contributed by atoms with Gasteiger partial charge in [0, 0.05) is 19.1 Å². The molecule has 2 heterocycles. The van der Waals surface area contributed by atoms with Crippen LogP contribution in [0.3, 0.4) is 0 Å². The zero-order valence-corrected chi connectivity index (χ0v) is 14.6. The van der Waals surface area contributed by atoms with Gasteiger partial charge in [0.15, 0.2) is 6.10 Å². The summed E-state index contributed by atoms with van der Waals surface area (Å²) in [6.45, 7) is 2.26. The molecule has 2 aliphatic rings. The van der Waals surface area contributed by atoms with E-state index in [2.05, 4.69) is 4.99 Å². The summed E-state index contributed by atoms with van der Waals surface area (Å²) in [7, 11) is 0. The van der Waals surface area contributed by atoms with Crippen molar-refractivity contribution in [3.8, 4) is 0 Å². The van der Waals surface area contributed by atoms with Gasteiger partial charge in [-0.05, 0) is 25.8 Å². The first kappa shape index (κ1) is 19.2. The standard InChI is InChI=1S/C15H19Cl2FN2O4/c1-8(15(21)23-7-10-3-2-4-22-10)24-14-12(17)6-9(19)5-11(16)13(18)20-14/h6,8-10H,2-5,7,19H2,1H3/b12-6+,13-11+,20-14+/t8-,9?,10?/m1/s1. The van der Waals surface area contributed by atoms with Crippen LogP contribution in [-0.2, 0) is 19.0 Å². The topological polar surface area (TPSA) is 83.1 Å². The van der Waals surface area contributed by atoms with Crippen LogP contribution in [0.15, 0.2) is 27.1 Å². The number of hydrogen-bond acceptors (Lipinski definition) is 6. The zero-order valence-electron chi connectivity index (χ0n) is 13.1. The number of ether oxygens (including phenoxy) is 3. The van der Waals surface area contributed by atoms with Crippen LogP contribution in [-0.4, -0.2) is 43.3 Å². The highest BCUT2D eigenvalue weighted by Gasteiger charge is 2.25. The summed E-state index contributed by atoms with van der Waals surface area (Å²) in [5.41, 5.74) is 5.76. The zero-order chi connectivity index (χ0) is 17.7. The third-order valence-electron chi connectivity index (χ3n) is 3.46. The molecule has 9 heteroatoms. The molecule has 134 valence electrons. The molecule has 2 unspecified atom stereocenters. The molecule has 2 aliphatic heterocycles. The van der Waals surface area contributed by atoms with Gasteiger partial charge in [0.2, 0.25) is 11.8 Å². The second-order valence-corrected chi connectivity index (χ2v) is 6.38. The summed E-state index contributed by atoms with van der Waals surface area (Å²) in [5.74, 6) is -1.85. The smallest absolute Gasteiger partial charge is 0.347 e. The van der Waals surface area contributed by atoms with Crippen molar-refractivity contribution in [1.29, 1.82) is 0 Å². The van der Waals surface area contributed by atoms with E-state index < -0.39 is 24.1 Å². The highest BCUT2D eigenvalue weighted by molar-refractivity contribution is 6.42. The summed E-state index contributed by atoms with van der Waals surface area (Å²) < 4.78 is 29.6. The first-order valence-corrected chi connectivity index (χ1v) is 8.33. The van der Waals surface area contributed by atoms with Crippen LogP contribution in [0.1, 0.15) is 26.2 Å². The Hall–Kier alpha value is -1.15. The van der Waals surface area contributed by atoms with Crippen LogP contribution >= 0.6 is 23.2 Å². The molecule has 2 N–H and O–H groups in total. The Bertz CT molecular complexity index is 574. The van der Waals surface area contributed by atoms with Gasteiger partial charge in [0.1, 0.15) is 11.6 Å². The maximum Gasteiger partial charge on any atom is 0.347 e. The quantitative estimate of drug-likeness (QED) is 0.598. The number of aliphatic imine (C=N–C) groups is 1. The Kier molecular flexibility index (Phi) is 7.03. The maximum absolute atomic E-state index is 13.8. The first-order chi connectivity index (χ1) is 11.4. The SMILES string of the molecule is C[C@@H](OC1=N/C(F)=C(/Cl)CC(N)/C=C\1Cl)C(=O)OCC1CCCO1. The van der Waals surface area contributed by atoms with Crippen LogP contribution in [0.5, 0.6) is 0 Å². The lowest BCUT2D eigenvalue weighted by molar-refractivity contribution is -0.154. The van der Waals surface area contributed by atoms with Crippen LogP contribution < -0.4 is 5.73 Å². The number of rotatable bonds is 4. The summed E-state index contributed by atoms with van der Waals surface area (Å²) in [6.07, 6.45) is 2.16. The van der Waals surface area contributed by atoms with Gasteiger partial charge in [-0.1, -0.05) is 23.2 Å². The fourth-order valence-corrected chi connectivity index (χ4v) is 2.65. The molecular formula is C15H19Cl2FN2O4. The van der Waals surface area contributed by atoms with E-state index in [-0.39, 0.29) is 35.1 Å². The maximum atomic E-state index is 13.8. The van der Waals surface area contributed by atoms with Gasteiger partial charge in [-0.2, -0.15) is 9.38 Å². The Morgan fingerprint density at radius 3 is 3.00 bits per heavy atom. The van der Waals surface area contributed by atoms with Crippen molar-refractivity contribution in [1.82, 2.24) is 0 Å². The molecule has 24 heavy (non-hydrogen) atoms. The number of carbonyl (C=O) groups is 1. The Morgan fingerprint density at radius 2 is 2.33 bits per heavy atom. The fourth-order valence-electron chi connectivity index (χ4n) is 2.18. The second kappa shape index (κ2) is 8.80. The largest absolute Gasteiger partial charge is 0.462 e. The number of nitrogens with two attached hydrogens (primary N) is 1. The minimum absolute atomic E-state index is 0.000549. The molecule has 0 aromatic carbocycles. The van der Waals surface area contributed by atoms with Gasteiger partial charge in [0.25, 0.3) is 0 Å². The van der Waals surface area contributed by atoms with E-state index in [1.807, 2.05) is 0 Å². The Labute approximate surface area is 149 Å². The average Bonchev–Trinajstić information content (AvgIpc) is 3.03. The highest BCUT2D eigenvalue weighted by atomic mass is 35.5. The van der Waals surface area contributed by atoms with E-state index in [0.717, 1.165) is 12.8 Å². The van der Waals surface area contributed by atoms with Crippen molar-refractivity contribution >= 4 is 35.1 Å². The van der Waals surface area contributed by atoms with Crippen molar-refractivity contribution in [2.24, 2.45) is 10.7 Å². The number of carbonyl (C=O) groups excluding carboxylic acids is 1. The Morgan fingerprint density at radius 1 is 1.58 bits per heavy atom. The van der Waals surface area contributed by atoms with E-state index in [9.17, 15) is 9.18 Å². The number of hydrogen-bond donors (Lipinski definition) is 1. The molecule has 0 amide bonds. The second-order valence-electron chi connectivity index (χ2n) is 5.52. The molecule has 0 aliphatic carbocycles. The summed E-state index contributed by atoms with van der Waals surface area (Å²) in [6, 6.07) is -0.591. The molecule has 3 atom stereocenters. The van der Waals surface area contributed by atoms with Gasteiger partial charge < -0.3 is 19.9 Å². The summed E-state index contributed by atoms with van der Waals surface area (Å²) in [4.78, 5) is 15.5. The third kappa shape index (κ3) is 5.44. The van der Waals surface area contributed by atoms with Crippen LogP contribution in [0, 0.1) is 0 Å². The monoisotopic (exact) mass is 380 g/mol. The van der Waals surface area contributed by atoms with Crippen molar-refractivity contribution < 1.29 is 23.4 Å². The van der Waals surface area contributed by atoms with Gasteiger partial charge in [-0.25, -0.2) is 4.79 Å². The van der Waals surface area contributed by atoms with Gasteiger partial charge in [0.05, 0.1) is 11.1 Å². The molecule has 0 aromatic rings. The van der Waals surface area contributed by atoms with Crippen molar-refractivity contribution in [2.45, 2.75) is 44.4 Å². The van der Waals surface area contributed by atoms with Crippen LogP contribution in [0.25, 0.3) is 0 Å². The van der Waals surface area contributed by atoms with Crippen molar-refractivity contribution in [2.75, 3.05) is 13.2 Å². The molecule has 0 saturated carbocycles. The fraction of sp³-hybridized carbons (Fsp3) is 0.600. The molecule has 0 radical (unpaired) electrons. The summed E-state index contributed by atoms with van der Waals surface area (Å²) in [5, 5.41) is -0.141. The molecule has 6 nitrogen and oxygen atoms in total. The van der Waals surface area contributed by atoms with E-state index in [1.54, 1.807) is 0 Å². The van der Waals surface area contributed by atoms with Crippen LogP contribution in [0.4, 0.5) is 4.39 Å². The first-order valence-electron chi connectivity index (χ1n) is 7.57. The predicted octanol–water partition coefficient (Wildman–Crippen LogP) is 2.74. The average molecular weight is 381 g/mol. The minimum atomic E-state index is -1.03. The molecule has 1 saturated heterocycles. The normalized spacial score (nSPS) is 33.5. The predicted molar refractivity (Wildman–Crippen MR) is 88.4 cm³/mol. The summed E-state index contributed by atoms with van der Waals surface area (Å²) >= 11 is 11.8. The Balaban J connectivity index is 1.99. The van der Waals surface area contributed by atoms with E-state index in [1.165, 1.54) is 13.0 Å². The third-order valence-corrected chi connectivity index (χ3v) is 4.06. The lowest BCUT2D eigenvalue weighted by atomic mass is 10.2. The molecule has 0 aromatic heterocycles. The van der Waals surface area contributed by atoms with E-state index in [0.29, 0.717) is 6.61 Å². The van der Waals surface area contributed by atoms with E-state index >= 15 is 0 Å². The minimum Gasteiger partial charge on any atom is -0.462 e. The van der Waals surface area contributed by atoms with Crippen molar-refractivity contribution in [3.05, 3.63) is 22.1 Å².